The second kappa shape index (κ2) is 5.54. The highest BCUT2D eigenvalue weighted by Gasteiger charge is 2.04. The molecule has 0 aliphatic carbocycles. The van der Waals surface area contributed by atoms with E-state index in [0.717, 1.165) is 17.0 Å². The summed E-state index contributed by atoms with van der Waals surface area (Å²) < 4.78 is 0. The van der Waals surface area contributed by atoms with E-state index in [9.17, 15) is 4.79 Å². The summed E-state index contributed by atoms with van der Waals surface area (Å²) in [5, 5.41) is 6.76. The van der Waals surface area contributed by atoms with E-state index in [1.807, 2.05) is 23.8 Å². The molecule has 5 heteroatoms. The van der Waals surface area contributed by atoms with Gasteiger partial charge in [0.15, 0.2) is 0 Å². The van der Waals surface area contributed by atoms with E-state index in [-0.39, 0.29) is 5.91 Å². The van der Waals surface area contributed by atoms with Gasteiger partial charge in [0, 0.05) is 6.20 Å². The van der Waals surface area contributed by atoms with E-state index in [4.69, 9.17) is 0 Å². The van der Waals surface area contributed by atoms with Gasteiger partial charge in [0.05, 0.1) is 30.6 Å². The number of nitrogens with zero attached hydrogens (tertiary/aromatic N) is 2. The Morgan fingerprint density at radius 3 is 2.94 bits per heavy atom. The molecule has 0 saturated heterocycles. The minimum atomic E-state index is 0.00535. The second-order valence-electron chi connectivity index (χ2n) is 3.73. The lowest BCUT2D eigenvalue weighted by molar-refractivity contribution is -0.120. The molecule has 17 heavy (non-hydrogen) atoms. The summed E-state index contributed by atoms with van der Waals surface area (Å²) in [6.07, 6.45) is 3.79. The molecule has 0 aliphatic heterocycles. The zero-order chi connectivity index (χ0) is 12.1. The zero-order valence-corrected chi connectivity index (χ0v) is 10.3. The van der Waals surface area contributed by atoms with Crippen LogP contribution >= 0.6 is 11.3 Å². The standard InChI is InChI=1S/C12H13N3OS/c1-9-5-14-11(6-13-9)7-15-12(16)4-10-2-3-17-8-10/h2-3,5-6,8H,4,7H2,1H3,(H,15,16). The molecule has 0 aromatic carbocycles. The fraction of sp³-hybridized carbons (Fsp3) is 0.250. The lowest BCUT2D eigenvalue weighted by Gasteiger charge is -2.03. The van der Waals surface area contributed by atoms with E-state index in [0.29, 0.717) is 13.0 Å². The van der Waals surface area contributed by atoms with Crippen molar-refractivity contribution in [3.63, 3.8) is 0 Å². The summed E-state index contributed by atoms with van der Waals surface area (Å²) in [7, 11) is 0. The van der Waals surface area contributed by atoms with Crippen molar-refractivity contribution in [2.24, 2.45) is 0 Å². The van der Waals surface area contributed by atoms with Crippen LogP contribution in [0.5, 0.6) is 0 Å². The molecule has 0 fully saturated rings. The summed E-state index contributed by atoms with van der Waals surface area (Å²) in [4.78, 5) is 19.9. The van der Waals surface area contributed by atoms with Gasteiger partial charge in [-0.1, -0.05) is 0 Å². The largest absolute Gasteiger partial charge is 0.350 e. The van der Waals surface area contributed by atoms with Crippen LogP contribution in [-0.4, -0.2) is 15.9 Å². The highest BCUT2D eigenvalue weighted by molar-refractivity contribution is 7.07. The number of carbonyl (C=O) groups excluding carboxylic acids is 1. The first kappa shape index (κ1) is 11.7. The fourth-order valence-electron chi connectivity index (χ4n) is 1.34. The van der Waals surface area contributed by atoms with Crippen LogP contribution < -0.4 is 5.32 Å². The first-order chi connectivity index (χ1) is 8.24. The molecule has 0 unspecified atom stereocenters. The van der Waals surface area contributed by atoms with Crippen LogP contribution in [0, 0.1) is 6.92 Å². The first-order valence-corrected chi connectivity index (χ1v) is 6.23. The Labute approximate surface area is 104 Å². The van der Waals surface area contributed by atoms with E-state index < -0.39 is 0 Å². The number of rotatable bonds is 4. The maximum Gasteiger partial charge on any atom is 0.224 e. The van der Waals surface area contributed by atoms with Gasteiger partial charge < -0.3 is 5.32 Å². The molecular weight excluding hydrogens is 234 g/mol. The summed E-state index contributed by atoms with van der Waals surface area (Å²) in [5.74, 6) is 0.00535. The average Bonchev–Trinajstić information content (AvgIpc) is 2.81. The number of aromatic nitrogens is 2. The number of nitrogens with one attached hydrogen (secondary N) is 1. The second-order valence-corrected chi connectivity index (χ2v) is 4.51. The van der Waals surface area contributed by atoms with Gasteiger partial charge in [-0.3, -0.25) is 14.8 Å². The van der Waals surface area contributed by atoms with Gasteiger partial charge >= 0.3 is 0 Å². The topological polar surface area (TPSA) is 54.9 Å². The number of amides is 1. The number of hydrogen-bond acceptors (Lipinski definition) is 4. The van der Waals surface area contributed by atoms with Crippen molar-refractivity contribution in [2.45, 2.75) is 19.9 Å². The molecule has 2 rings (SSSR count). The Hall–Kier alpha value is -1.75. The SMILES string of the molecule is Cc1cnc(CNC(=O)Cc2ccsc2)cn1. The minimum Gasteiger partial charge on any atom is -0.350 e. The molecule has 0 aliphatic rings. The van der Waals surface area contributed by atoms with Crippen molar-refractivity contribution in [1.82, 2.24) is 15.3 Å². The average molecular weight is 247 g/mol. The van der Waals surface area contributed by atoms with Crippen LogP contribution in [0.1, 0.15) is 17.0 Å². The summed E-state index contributed by atoms with van der Waals surface area (Å²) >= 11 is 1.60. The zero-order valence-electron chi connectivity index (χ0n) is 9.51. The number of hydrogen-bond donors (Lipinski definition) is 1. The van der Waals surface area contributed by atoms with Crippen molar-refractivity contribution in [3.8, 4) is 0 Å². The van der Waals surface area contributed by atoms with E-state index in [1.54, 1.807) is 23.7 Å². The number of thiophene rings is 1. The maximum atomic E-state index is 11.6. The highest BCUT2D eigenvalue weighted by Crippen LogP contribution is 2.06. The molecule has 0 radical (unpaired) electrons. The summed E-state index contributed by atoms with van der Waals surface area (Å²) in [5.41, 5.74) is 2.69. The lowest BCUT2D eigenvalue weighted by Crippen LogP contribution is -2.24. The van der Waals surface area contributed by atoms with E-state index in [1.165, 1.54) is 0 Å². The van der Waals surface area contributed by atoms with Gasteiger partial charge in [-0.25, -0.2) is 0 Å². The molecule has 0 bridgehead atoms. The predicted molar refractivity (Wildman–Crippen MR) is 66.6 cm³/mol. The highest BCUT2D eigenvalue weighted by atomic mass is 32.1. The molecule has 2 heterocycles. The molecule has 1 N–H and O–H groups in total. The molecule has 0 saturated carbocycles. The molecule has 1 amide bonds. The minimum absolute atomic E-state index is 0.00535. The van der Waals surface area contributed by atoms with Crippen LogP contribution in [-0.2, 0) is 17.8 Å². The molecular formula is C12H13N3OS. The summed E-state index contributed by atoms with van der Waals surface area (Å²) in [6.45, 7) is 2.31. The predicted octanol–water partition coefficient (Wildman–Crippen LogP) is 1.71. The summed E-state index contributed by atoms with van der Waals surface area (Å²) in [6, 6.07) is 1.95. The van der Waals surface area contributed by atoms with Gasteiger partial charge in [-0.05, 0) is 29.3 Å². The Morgan fingerprint density at radius 2 is 2.29 bits per heavy atom. The lowest BCUT2D eigenvalue weighted by atomic mass is 10.2. The van der Waals surface area contributed by atoms with Gasteiger partial charge in [0.1, 0.15) is 0 Å². The van der Waals surface area contributed by atoms with Crippen LogP contribution in [0.3, 0.4) is 0 Å². The van der Waals surface area contributed by atoms with Gasteiger partial charge in [-0.15, -0.1) is 0 Å². The Bertz CT molecular complexity index is 479. The van der Waals surface area contributed by atoms with Crippen molar-refractivity contribution in [2.75, 3.05) is 0 Å². The third-order valence-electron chi connectivity index (χ3n) is 2.25. The first-order valence-electron chi connectivity index (χ1n) is 5.29. The Kier molecular flexibility index (Phi) is 3.82. The van der Waals surface area contributed by atoms with Gasteiger partial charge in [0.2, 0.25) is 5.91 Å². The van der Waals surface area contributed by atoms with Crippen LogP contribution in [0.15, 0.2) is 29.2 Å². The van der Waals surface area contributed by atoms with E-state index >= 15 is 0 Å². The fourth-order valence-corrected chi connectivity index (χ4v) is 2.01. The van der Waals surface area contributed by atoms with Crippen molar-refractivity contribution in [1.29, 1.82) is 0 Å². The van der Waals surface area contributed by atoms with Gasteiger partial charge in [-0.2, -0.15) is 11.3 Å². The quantitative estimate of drug-likeness (QED) is 0.894. The van der Waals surface area contributed by atoms with Crippen molar-refractivity contribution >= 4 is 17.2 Å². The molecule has 4 nitrogen and oxygen atoms in total. The molecule has 0 spiro atoms. The van der Waals surface area contributed by atoms with Crippen molar-refractivity contribution in [3.05, 3.63) is 46.2 Å². The maximum absolute atomic E-state index is 11.6. The third-order valence-corrected chi connectivity index (χ3v) is 2.98. The molecule has 0 atom stereocenters. The van der Waals surface area contributed by atoms with Gasteiger partial charge in [0.25, 0.3) is 0 Å². The molecule has 2 aromatic rings. The number of aryl methyl sites for hydroxylation is 1. The number of carbonyl (C=O) groups is 1. The van der Waals surface area contributed by atoms with Crippen LogP contribution in [0.25, 0.3) is 0 Å². The third kappa shape index (κ3) is 3.64. The van der Waals surface area contributed by atoms with Crippen molar-refractivity contribution < 1.29 is 4.79 Å². The van der Waals surface area contributed by atoms with E-state index in [2.05, 4.69) is 15.3 Å². The Balaban J connectivity index is 1.82. The monoisotopic (exact) mass is 247 g/mol. The molecule has 2 aromatic heterocycles. The normalized spacial score (nSPS) is 10.2. The smallest absolute Gasteiger partial charge is 0.224 e. The van der Waals surface area contributed by atoms with Crippen LogP contribution in [0.4, 0.5) is 0 Å². The van der Waals surface area contributed by atoms with Crippen LogP contribution in [0.2, 0.25) is 0 Å². The Morgan fingerprint density at radius 1 is 1.41 bits per heavy atom. The molecule has 88 valence electrons.